The largest absolute Gasteiger partial charge is 0.381 e. The summed E-state index contributed by atoms with van der Waals surface area (Å²) in [5, 5.41) is 3.44. The highest BCUT2D eigenvalue weighted by molar-refractivity contribution is 5.19. The molecule has 1 N–H and O–H groups in total. The minimum atomic E-state index is -0.221. The van der Waals surface area contributed by atoms with Crippen molar-refractivity contribution in [3.8, 4) is 0 Å². The molecule has 1 saturated heterocycles. The van der Waals surface area contributed by atoms with Crippen LogP contribution in [0, 0.1) is 11.7 Å². The second-order valence-electron chi connectivity index (χ2n) is 6.74. The summed E-state index contributed by atoms with van der Waals surface area (Å²) in [5.74, 6) is 0.233. The Kier molecular flexibility index (Phi) is 5.73. The standard InChI is InChI=1S/C17H26FNO2/c1-17(2,3)19-10-16(14-5-4-6-15(18)9-14)21-12-13-7-8-20-11-13/h4-6,9,13,16,19H,7-8,10-12H2,1-3H3. The van der Waals surface area contributed by atoms with Crippen LogP contribution in [0.5, 0.6) is 0 Å². The monoisotopic (exact) mass is 295 g/mol. The summed E-state index contributed by atoms with van der Waals surface area (Å²) in [5.41, 5.74) is 0.886. The Balaban J connectivity index is 1.98. The van der Waals surface area contributed by atoms with E-state index in [1.807, 2.05) is 6.07 Å². The van der Waals surface area contributed by atoms with E-state index in [2.05, 4.69) is 26.1 Å². The minimum absolute atomic E-state index is 0.00536. The average molecular weight is 295 g/mol. The van der Waals surface area contributed by atoms with Crippen molar-refractivity contribution in [3.63, 3.8) is 0 Å². The number of rotatable bonds is 6. The van der Waals surface area contributed by atoms with Crippen LogP contribution in [0.15, 0.2) is 24.3 Å². The lowest BCUT2D eigenvalue weighted by Crippen LogP contribution is -2.39. The number of benzene rings is 1. The van der Waals surface area contributed by atoms with Crippen molar-refractivity contribution in [2.45, 2.75) is 38.8 Å². The first-order chi connectivity index (χ1) is 9.94. The molecular weight excluding hydrogens is 269 g/mol. The Hall–Kier alpha value is -0.970. The fraction of sp³-hybridized carbons (Fsp3) is 0.647. The fourth-order valence-electron chi connectivity index (χ4n) is 2.35. The molecule has 0 saturated carbocycles. The van der Waals surface area contributed by atoms with E-state index >= 15 is 0 Å². The highest BCUT2D eigenvalue weighted by atomic mass is 19.1. The zero-order valence-corrected chi connectivity index (χ0v) is 13.2. The third-order valence-corrected chi connectivity index (χ3v) is 3.60. The first-order valence-corrected chi connectivity index (χ1v) is 7.64. The van der Waals surface area contributed by atoms with E-state index in [0.717, 1.165) is 25.2 Å². The van der Waals surface area contributed by atoms with Gasteiger partial charge in [0, 0.05) is 24.6 Å². The maximum atomic E-state index is 13.4. The van der Waals surface area contributed by atoms with Gasteiger partial charge in [-0.3, -0.25) is 0 Å². The second kappa shape index (κ2) is 7.34. The van der Waals surface area contributed by atoms with Gasteiger partial charge in [0.1, 0.15) is 5.82 Å². The summed E-state index contributed by atoms with van der Waals surface area (Å²) in [6.07, 6.45) is 0.906. The maximum Gasteiger partial charge on any atom is 0.123 e. The summed E-state index contributed by atoms with van der Waals surface area (Å²) < 4.78 is 24.9. The lowest BCUT2D eigenvalue weighted by molar-refractivity contribution is 0.0220. The van der Waals surface area contributed by atoms with E-state index in [1.165, 1.54) is 6.07 Å². The van der Waals surface area contributed by atoms with Gasteiger partial charge in [0.05, 0.1) is 19.3 Å². The van der Waals surface area contributed by atoms with Crippen molar-refractivity contribution in [1.82, 2.24) is 5.32 Å². The fourth-order valence-corrected chi connectivity index (χ4v) is 2.35. The Bertz CT molecular complexity index is 439. The zero-order valence-electron chi connectivity index (χ0n) is 13.2. The van der Waals surface area contributed by atoms with Crippen LogP contribution in [0.1, 0.15) is 38.9 Å². The number of hydrogen-bond donors (Lipinski definition) is 1. The van der Waals surface area contributed by atoms with E-state index in [4.69, 9.17) is 9.47 Å². The summed E-state index contributed by atoms with van der Waals surface area (Å²) in [6, 6.07) is 6.67. The summed E-state index contributed by atoms with van der Waals surface area (Å²) in [7, 11) is 0. The van der Waals surface area contributed by atoms with Gasteiger partial charge in [0.25, 0.3) is 0 Å². The molecule has 118 valence electrons. The highest BCUT2D eigenvalue weighted by Gasteiger charge is 2.21. The molecule has 0 bridgehead atoms. The second-order valence-corrected chi connectivity index (χ2v) is 6.74. The molecule has 1 aliphatic heterocycles. The normalized spacial score (nSPS) is 20.7. The molecule has 3 nitrogen and oxygen atoms in total. The molecule has 0 aromatic heterocycles. The van der Waals surface area contributed by atoms with Gasteiger partial charge in [-0.1, -0.05) is 12.1 Å². The lowest BCUT2D eigenvalue weighted by Gasteiger charge is -2.26. The molecule has 2 rings (SSSR count). The number of hydrogen-bond acceptors (Lipinski definition) is 3. The summed E-state index contributed by atoms with van der Waals surface area (Å²) in [6.45, 7) is 9.25. The summed E-state index contributed by atoms with van der Waals surface area (Å²) >= 11 is 0. The quantitative estimate of drug-likeness (QED) is 0.873. The molecule has 2 atom stereocenters. The summed E-state index contributed by atoms with van der Waals surface area (Å²) in [4.78, 5) is 0. The molecule has 1 aliphatic rings. The first kappa shape index (κ1) is 16.4. The zero-order chi connectivity index (χ0) is 15.3. The molecule has 4 heteroatoms. The lowest BCUT2D eigenvalue weighted by atomic mass is 10.1. The van der Waals surface area contributed by atoms with Crippen molar-refractivity contribution in [3.05, 3.63) is 35.6 Å². The van der Waals surface area contributed by atoms with Crippen LogP contribution in [-0.4, -0.2) is 31.9 Å². The van der Waals surface area contributed by atoms with Crippen molar-refractivity contribution in [1.29, 1.82) is 0 Å². The van der Waals surface area contributed by atoms with Crippen molar-refractivity contribution < 1.29 is 13.9 Å². The van der Waals surface area contributed by atoms with E-state index < -0.39 is 0 Å². The Labute approximate surface area is 126 Å². The smallest absolute Gasteiger partial charge is 0.123 e. The average Bonchev–Trinajstić information content (AvgIpc) is 2.90. The van der Waals surface area contributed by atoms with Crippen LogP contribution in [0.3, 0.4) is 0 Å². The molecule has 0 radical (unpaired) electrons. The van der Waals surface area contributed by atoms with Gasteiger partial charge >= 0.3 is 0 Å². The number of nitrogens with one attached hydrogen (secondary N) is 1. The van der Waals surface area contributed by atoms with Gasteiger partial charge in [0.2, 0.25) is 0 Å². The van der Waals surface area contributed by atoms with E-state index in [1.54, 1.807) is 12.1 Å². The third-order valence-electron chi connectivity index (χ3n) is 3.60. The van der Waals surface area contributed by atoms with E-state index in [0.29, 0.717) is 19.1 Å². The SMILES string of the molecule is CC(C)(C)NCC(OCC1CCOC1)c1cccc(F)c1. The third kappa shape index (κ3) is 5.73. The first-order valence-electron chi connectivity index (χ1n) is 7.64. The molecule has 1 aromatic rings. The Morgan fingerprint density at radius 3 is 2.86 bits per heavy atom. The molecule has 0 aliphatic carbocycles. The number of ether oxygens (including phenoxy) is 2. The van der Waals surface area contributed by atoms with Crippen molar-refractivity contribution in [2.24, 2.45) is 5.92 Å². The van der Waals surface area contributed by atoms with Crippen LogP contribution in [0.4, 0.5) is 4.39 Å². The van der Waals surface area contributed by atoms with Crippen LogP contribution >= 0.6 is 0 Å². The molecule has 2 unspecified atom stereocenters. The molecule has 1 heterocycles. The van der Waals surface area contributed by atoms with Crippen molar-refractivity contribution >= 4 is 0 Å². The van der Waals surface area contributed by atoms with Crippen LogP contribution in [0.25, 0.3) is 0 Å². The molecule has 0 spiro atoms. The van der Waals surface area contributed by atoms with Crippen molar-refractivity contribution in [2.75, 3.05) is 26.4 Å². The Morgan fingerprint density at radius 2 is 2.24 bits per heavy atom. The van der Waals surface area contributed by atoms with Gasteiger partial charge in [0.15, 0.2) is 0 Å². The van der Waals surface area contributed by atoms with E-state index in [-0.39, 0.29) is 17.5 Å². The van der Waals surface area contributed by atoms with E-state index in [9.17, 15) is 4.39 Å². The van der Waals surface area contributed by atoms with Gasteiger partial charge in [-0.25, -0.2) is 4.39 Å². The molecule has 1 aromatic carbocycles. The molecule has 21 heavy (non-hydrogen) atoms. The predicted octanol–water partition coefficient (Wildman–Crippen LogP) is 3.31. The van der Waals surface area contributed by atoms with Gasteiger partial charge < -0.3 is 14.8 Å². The maximum absolute atomic E-state index is 13.4. The topological polar surface area (TPSA) is 30.5 Å². The molecule has 0 amide bonds. The molecule has 1 fully saturated rings. The highest BCUT2D eigenvalue weighted by Crippen LogP contribution is 2.22. The van der Waals surface area contributed by atoms with Gasteiger partial charge in [-0.05, 0) is 44.9 Å². The van der Waals surface area contributed by atoms with Crippen LogP contribution in [0.2, 0.25) is 0 Å². The van der Waals surface area contributed by atoms with Gasteiger partial charge in [-0.15, -0.1) is 0 Å². The predicted molar refractivity (Wildman–Crippen MR) is 81.8 cm³/mol. The minimum Gasteiger partial charge on any atom is -0.381 e. The van der Waals surface area contributed by atoms with Crippen LogP contribution < -0.4 is 5.32 Å². The van der Waals surface area contributed by atoms with Crippen LogP contribution in [-0.2, 0) is 9.47 Å². The Morgan fingerprint density at radius 1 is 1.43 bits per heavy atom. The molecular formula is C17H26FNO2. The van der Waals surface area contributed by atoms with Gasteiger partial charge in [-0.2, -0.15) is 0 Å². The number of halogens is 1.